The summed E-state index contributed by atoms with van der Waals surface area (Å²) in [6, 6.07) is 10.3. The fourth-order valence-corrected chi connectivity index (χ4v) is 2.50. The molecular weight excluding hydrogens is 356 g/mol. The largest absolute Gasteiger partial charge is 0.350 e. The lowest BCUT2D eigenvalue weighted by Crippen LogP contribution is -2.30. The third-order valence-electron chi connectivity index (χ3n) is 3.86. The first kappa shape index (κ1) is 19.1. The minimum absolute atomic E-state index is 0.0365. The molecule has 0 radical (unpaired) electrons. The standard InChI is InChI=1S/C20H22N6O2/c1-12(2)23-19(28)15-6-4-5-7-16(15)25-18-13(3)10-22-20(26-18)24-14-8-9-17(27)21-11-14/h4-12H,1-3H3,(H,21,27)(H,23,28)(H2,22,24,25,26). The molecule has 0 fully saturated rings. The molecule has 2 heterocycles. The molecule has 0 saturated carbocycles. The van der Waals surface area contributed by atoms with Crippen LogP contribution in [0.25, 0.3) is 0 Å². The molecule has 0 bridgehead atoms. The fraction of sp³-hybridized carbons (Fsp3) is 0.200. The Bertz CT molecular complexity index is 1020. The summed E-state index contributed by atoms with van der Waals surface area (Å²) in [6.45, 7) is 5.71. The number of aryl methyl sites for hydroxylation is 1. The van der Waals surface area contributed by atoms with E-state index in [1.54, 1.807) is 24.5 Å². The number of H-pyrrole nitrogens is 1. The summed E-state index contributed by atoms with van der Waals surface area (Å²) in [5.74, 6) is 0.785. The summed E-state index contributed by atoms with van der Waals surface area (Å²) in [4.78, 5) is 35.0. The first-order chi connectivity index (χ1) is 13.4. The normalized spacial score (nSPS) is 10.6. The first-order valence-electron chi connectivity index (χ1n) is 8.88. The van der Waals surface area contributed by atoms with Crippen LogP contribution in [0.3, 0.4) is 0 Å². The molecule has 4 N–H and O–H groups in total. The van der Waals surface area contributed by atoms with Gasteiger partial charge in [0.1, 0.15) is 5.82 Å². The number of hydrogen-bond acceptors (Lipinski definition) is 6. The number of anilines is 4. The third kappa shape index (κ3) is 4.73. The zero-order valence-corrected chi connectivity index (χ0v) is 15.9. The van der Waals surface area contributed by atoms with Crippen molar-refractivity contribution >= 4 is 29.0 Å². The van der Waals surface area contributed by atoms with Crippen LogP contribution in [0, 0.1) is 6.92 Å². The summed E-state index contributed by atoms with van der Waals surface area (Å²) >= 11 is 0. The van der Waals surface area contributed by atoms with Gasteiger partial charge in [-0.05, 0) is 39.0 Å². The molecule has 1 aromatic carbocycles. The fourth-order valence-electron chi connectivity index (χ4n) is 2.50. The highest BCUT2D eigenvalue weighted by molar-refractivity contribution is 6.00. The predicted molar refractivity (Wildman–Crippen MR) is 109 cm³/mol. The van der Waals surface area contributed by atoms with E-state index in [1.807, 2.05) is 39.0 Å². The number of carbonyl (C=O) groups excluding carboxylic acids is 1. The van der Waals surface area contributed by atoms with Gasteiger partial charge in [-0.2, -0.15) is 4.98 Å². The van der Waals surface area contributed by atoms with Crippen LogP contribution < -0.4 is 21.5 Å². The van der Waals surface area contributed by atoms with E-state index in [0.29, 0.717) is 28.7 Å². The van der Waals surface area contributed by atoms with Crippen LogP contribution >= 0.6 is 0 Å². The van der Waals surface area contributed by atoms with Crippen LogP contribution in [-0.4, -0.2) is 26.9 Å². The second-order valence-electron chi connectivity index (χ2n) is 6.59. The van der Waals surface area contributed by atoms with Gasteiger partial charge in [0.2, 0.25) is 11.5 Å². The van der Waals surface area contributed by atoms with E-state index in [1.165, 1.54) is 6.07 Å². The number of nitrogens with one attached hydrogen (secondary N) is 4. The number of rotatable bonds is 6. The number of pyridine rings is 1. The highest BCUT2D eigenvalue weighted by atomic mass is 16.1. The van der Waals surface area contributed by atoms with Crippen molar-refractivity contribution in [1.29, 1.82) is 0 Å². The number of aromatic amines is 1. The van der Waals surface area contributed by atoms with E-state index >= 15 is 0 Å². The summed E-state index contributed by atoms with van der Waals surface area (Å²) in [7, 11) is 0. The first-order valence-corrected chi connectivity index (χ1v) is 8.88. The Morgan fingerprint density at radius 1 is 1.11 bits per heavy atom. The zero-order valence-electron chi connectivity index (χ0n) is 15.9. The van der Waals surface area contributed by atoms with Crippen molar-refractivity contribution in [3.8, 4) is 0 Å². The maximum atomic E-state index is 12.5. The molecular formula is C20H22N6O2. The molecule has 1 amide bonds. The van der Waals surface area contributed by atoms with Gasteiger partial charge in [-0.15, -0.1) is 0 Å². The quantitative estimate of drug-likeness (QED) is 0.524. The molecule has 3 rings (SSSR count). The van der Waals surface area contributed by atoms with Crippen LogP contribution in [0.4, 0.5) is 23.1 Å². The number of amides is 1. The van der Waals surface area contributed by atoms with Gasteiger partial charge in [-0.25, -0.2) is 4.98 Å². The van der Waals surface area contributed by atoms with Crippen LogP contribution in [-0.2, 0) is 0 Å². The van der Waals surface area contributed by atoms with E-state index in [9.17, 15) is 9.59 Å². The van der Waals surface area contributed by atoms with Crippen LogP contribution in [0.2, 0.25) is 0 Å². The van der Waals surface area contributed by atoms with Crippen molar-refractivity contribution < 1.29 is 4.79 Å². The van der Waals surface area contributed by atoms with Gasteiger partial charge < -0.3 is 20.9 Å². The van der Waals surface area contributed by atoms with Crippen molar-refractivity contribution in [1.82, 2.24) is 20.3 Å². The highest BCUT2D eigenvalue weighted by Crippen LogP contribution is 2.23. The summed E-state index contributed by atoms with van der Waals surface area (Å²) in [6.07, 6.45) is 3.23. The summed E-state index contributed by atoms with van der Waals surface area (Å²) in [5, 5.41) is 9.15. The van der Waals surface area contributed by atoms with E-state index in [4.69, 9.17) is 0 Å². The Hall–Kier alpha value is -3.68. The number of para-hydroxylation sites is 1. The SMILES string of the molecule is Cc1cnc(Nc2ccc(=O)[nH]c2)nc1Nc1ccccc1C(=O)NC(C)C. The Balaban J connectivity index is 1.86. The average Bonchev–Trinajstić information content (AvgIpc) is 2.66. The number of aromatic nitrogens is 3. The molecule has 0 spiro atoms. The predicted octanol–water partition coefficient (Wildman–Crippen LogP) is 3.10. The second-order valence-corrected chi connectivity index (χ2v) is 6.59. The van der Waals surface area contributed by atoms with Crippen LogP contribution in [0.15, 0.2) is 53.6 Å². The summed E-state index contributed by atoms with van der Waals surface area (Å²) < 4.78 is 0. The molecule has 8 nitrogen and oxygen atoms in total. The molecule has 2 aromatic heterocycles. The van der Waals surface area contributed by atoms with Gasteiger partial charge in [0.15, 0.2) is 0 Å². The second kappa shape index (κ2) is 8.34. The molecule has 0 atom stereocenters. The van der Waals surface area contributed by atoms with Gasteiger partial charge in [0, 0.05) is 30.1 Å². The zero-order chi connectivity index (χ0) is 20.1. The van der Waals surface area contributed by atoms with Gasteiger partial charge in [0.25, 0.3) is 5.91 Å². The van der Waals surface area contributed by atoms with Crippen molar-refractivity contribution in [2.24, 2.45) is 0 Å². The monoisotopic (exact) mass is 378 g/mol. The Morgan fingerprint density at radius 2 is 1.89 bits per heavy atom. The van der Waals surface area contributed by atoms with Gasteiger partial charge >= 0.3 is 0 Å². The van der Waals surface area contributed by atoms with Crippen molar-refractivity contribution in [3.05, 3.63) is 70.3 Å². The number of carbonyl (C=O) groups is 1. The molecule has 0 saturated heterocycles. The minimum atomic E-state index is -0.186. The molecule has 0 aliphatic rings. The lowest BCUT2D eigenvalue weighted by molar-refractivity contribution is 0.0944. The third-order valence-corrected chi connectivity index (χ3v) is 3.86. The van der Waals surface area contributed by atoms with Gasteiger partial charge in [0.05, 0.1) is 16.9 Å². The number of hydrogen-bond donors (Lipinski definition) is 4. The van der Waals surface area contributed by atoms with E-state index in [0.717, 1.165) is 5.56 Å². The lowest BCUT2D eigenvalue weighted by atomic mass is 10.1. The minimum Gasteiger partial charge on any atom is -0.350 e. The van der Waals surface area contributed by atoms with Crippen molar-refractivity contribution in [3.63, 3.8) is 0 Å². The molecule has 144 valence electrons. The van der Waals surface area contributed by atoms with Crippen LogP contribution in [0.5, 0.6) is 0 Å². The molecule has 8 heteroatoms. The number of nitrogens with zero attached hydrogens (tertiary/aromatic N) is 2. The number of benzene rings is 1. The lowest BCUT2D eigenvalue weighted by Gasteiger charge is -2.15. The maximum Gasteiger partial charge on any atom is 0.253 e. The Kier molecular flexibility index (Phi) is 5.69. The highest BCUT2D eigenvalue weighted by Gasteiger charge is 2.13. The van der Waals surface area contributed by atoms with Crippen molar-refractivity contribution in [2.45, 2.75) is 26.8 Å². The molecule has 0 aliphatic carbocycles. The van der Waals surface area contributed by atoms with Gasteiger partial charge in [-0.3, -0.25) is 9.59 Å². The van der Waals surface area contributed by atoms with Crippen LogP contribution in [0.1, 0.15) is 29.8 Å². The summed E-state index contributed by atoms with van der Waals surface area (Å²) in [5.41, 5.74) is 2.48. The van der Waals surface area contributed by atoms with E-state index in [-0.39, 0.29) is 17.5 Å². The van der Waals surface area contributed by atoms with Crippen molar-refractivity contribution in [2.75, 3.05) is 10.6 Å². The average molecular weight is 378 g/mol. The molecule has 0 aliphatic heterocycles. The molecule has 3 aromatic rings. The molecule has 0 unspecified atom stereocenters. The Morgan fingerprint density at radius 3 is 2.61 bits per heavy atom. The smallest absolute Gasteiger partial charge is 0.253 e. The topological polar surface area (TPSA) is 112 Å². The Labute approximate surface area is 162 Å². The van der Waals surface area contributed by atoms with Gasteiger partial charge in [-0.1, -0.05) is 12.1 Å². The van der Waals surface area contributed by atoms with E-state index in [2.05, 4.69) is 30.9 Å². The maximum absolute atomic E-state index is 12.5. The van der Waals surface area contributed by atoms with E-state index < -0.39 is 0 Å². The molecule has 28 heavy (non-hydrogen) atoms.